The van der Waals surface area contributed by atoms with Crippen molar-refractivity contribution in [1.29, 1.82) is 0 Å². The molecule has 1 N–H and O–H groups in total. The van der Waals surface area contributed by atoms with Gasteiger partial charge in [-0.1, -0.05) is 67.6 Å². The van der Waals surface area contributed by atoms with Crippen molar-refractivity contribution in [2.24, 2.45) is 0 Å². The molecule has 4 aromatic rings. The van der Waals surface area contributed by atoms with Gasteiger partial charge in [0.2, 0.25) is 0 Å². The number of rotatable bonds is 9. The van der Waals surface area contributed by atoms with Crippen molar-refractivity contribution in [2.45, 2.75) is 25.7 Å². The number of ether oxygens (including phenoxy) is 1. The maximum atomic E-state index is 11.2. The second kappa shape index (κ2) is 9.82. The molecule has 31 heavy (non-hydrogen) atoms. The highest BCUT2D eigenvalue weighted by Gasteiger charge is 2.25. The second-order valence-electron chi connectivity index (χ2n) is 8.00. The van der Waals surface area contributed by atoms with Crippen LogP contribution in [0.1, 0.15) is 24.1 Å². The molecule has 4 nitrogen and oxygen atoms in total. The van der Waals surface area contributed by atoms with Crippen LogP contribution < -0.4 is 4.74 Å². The predicted octanol–water partition coefficient (Wildman–Crippen LogP) is 5.12. The summed E-state index contributed by atoms with van der Waals surface area (Å²) >= 11 is 0. The average Bonchev–Trinajstić information content (AvgIpc) is 3.22. The normalized spacial score (nSPS) is 13.4. The van der Waals surface area contributed by atoms with Gasteiger partial charge in [-0.3, -0.25) is 0 Å². The molecule has 0 bridgehead atoms. The third kappa shape index (κ3) is 4.98. The Bertz CT molecular complexity index is 1090. The molecule has 160 valence electrons. The smallest absolute Gasteiger partial charge is 0.120 e. The molecule has 0 spiro atoms. The topological polar surface area (TPSA) is 37.6 Å². The molecule has 1 aromatic heterocycles. The van der Waals surface area contributed by atoms with E-state index in [4.69, 9.17) is 4.74 Å². The molecular formula is C27H30N2O2. The van der Waals surface area contributed by atoms with Gasteiger partial charge in [0.15, 0.2) is 0 Å². The second-order valence-corrected chi connectivity index (χ2v) is 8.00. The molecular weight excluding hydrogens is 384 g/mol. The number of hydrogen-bond acceptors (Lipinski definition) is 3. The van der Waals surface area contributed by atoms with Gasteiger partial charge >= 0.3 is 0 Å². The quantitative estimate of drug-likeness (QED) is 0.413. The van der Waals surface area contributed by atoms with Crippen LogP contribution in [0, 0.1) is 0 Å². The van der Waals surface area contributed by atoms with Crippen molar-refractivity contribution in [3.05, 3.63) is 102 Å². The van der Waals surface area contributed by atoms with Gasteiger partial charge in [-0.25, -0.2) is 0 Å². The molecule has 2 unspecified atom stereocenters. The van der Waals surface area contributed by atoms with E-state index in [9.17, 15) is 5.11 Å². The Morgan fingerprint density at radius 1 is 0.935 bits per heavy atom. The summed E-state index contributed by atoms with van der Waals surface area (Å²) in [6, 6.07) is 28.5. The van der Waals surface area contributed by atoms with Crippen molar-refractivity contribution < 1.29 is 9.84 Å². The molecule has 0 fully saturated rings. The fraction of sp³-hybridized carbons (Fsp3) is 0.259. The number of fused-ring (bicyclic) bond motifs is 1. The fourth-order valence-electron chi connectivity index (χ4n) is 3.98. The first kappa shape index (κ1) is 21.2. The van der Waals surface area contributed by atoms with Crippen LogP contribution in [0.3, 0.4) is 0 Å². The lowest BCUT2D eigenvalue weighted by Gasteiger charge is -2.29. The van der Waals surface area contributed by atoms with E-state index in [0.717, 1.165) is 34.3 Å². The summed E-state index contributed by atoms with van der Waals surface area (Å²) in [5, 5.41) is 12.3. The van der Waals surface area contributed by atoms with Crippen molar-refractivity contribution in [3.8, 4) is 5.75 Å². The Kier molecular flexibility index (Phi) is 6.70. The van der Waals surface area contributed by atoms with E-state index in [1.807, 2.05) is 49.5 Å². The van der Waals surface area contributed by atoms with E-state index in [2.05, 4.69) is 65.1 Å². The van der Waals surface area contributed by atoms with Gasteiger partial charge in [0.05, 0.1) is 12.1 Å². The van der Waals surface area contributed by atoms with Crippen LogP contribution in [-0.4, -0.2) is 40.8 Å². The van der Waals surface area contributed by atoms with Crippen LogP contribution in [0.15, 0.2) is 91.1 Å². The van der Waals surface area contributed by atoms with Crippen LogP contribution in [0.2, 0.25) is 0 Å². The minimum Gasteiger partial charge on any atom is -0.489 e. The molecule has 0 aliphatic heterocycles. The number of aromatic nitrogens is 1. The highest BCUT2D eigenvalue weighted by Crippen LogP contribution is 2.30. The van der Waals surface area contributed by atoms with E-state index in [1.54, 1.807) is 0 Å². The molecule has 0 radical (unpaired) electrons. The molecule has 4 rings (SSSR count). The number of aliphatic hydroxyl groups is 1. The fourth-order valence-corrected chi connectivity index (χ4v) is 3.98. The zero-order chi connectivity index (χ0) is 21.6. The van der Waals surface area contributed by atoms with Gasteiger partial charge < -0.3 is 19.3 Å². The monoisotopic (exact) mass is 414 g/mol. The van der Waals surface area contributed by atoms with Gasteiger partial charge in [0.1, 0.15) is 12.4 Å². The Labute approximate surface area is 184 Å². The van der Waals surface area contributed by atoms with Crippen LogP contribution in [0.25, 0.3) is 10.9 Å². The largest absolute Gasteiger partial charge is 0.489 e. The number of nitrogens with zero attached hydrogens (tertiary/aromatic N) is 2. The molecule has 0 amide bonds. The predicted molar refractivity (Wildman–Crippen MR) is 126 cm³/mol. The lowest BCUT2D eigenvalue weighted by molar-refractivity contribution is 0.0940. The zero-order valence-electron chi connectivity index (χ0n) is 18.2. The number of likely N-dealkylation sites (N-methyl/N-ethyl adjacent to an activating group) is 1. The third-order valence-corrected chi connectivity index (χ3v) is 5.78. The van der Waals surface area contributed by atoms with Crippen LogP contribution in [0.5, 0.6) is 5.75 Å². The first-order valence-electron chi connectivity index (χ1n) is 10.8. The van der Waals surface area contributed by atoms with E-state index >= 15 is 0 Å². The Morgan fingerprint density at radius 3 is 2.35 bits per heavy atom. The van der Waals surface area contributed by atoms with Gasteiger partial charge in [-0.05, 0) is 49.0 Å². The van der Waals surface area contributed by atoms with E-state index in [1.165, 1.54) is 0 Å². The molecule has 4 heteroatoms. The average molecular weight is 415 g/mol. The lowest BCUT2D eigenvalue weighted by Crippen LogP contribution is -2.36. The molecule has 0 saturated carbocycles. The number of aliphatic hydroxyl groups excluding tert-OH is 1. The van der Waals surface area contributed by atoms with Gasteiger partial charge in [0, 0.05) is 23.6 Å². The standard InChI is InChI=1S/C27H30N2O2/c1-3-28(2)19-26(30)27(22-12-8-5-9-13-22)29-17-16-23-18-24(14-15-25(23)29)31-20-21-10-6-4-7-11-21/h4-18,26-27,30H,3,19-20H2,1-2H3. The Morgan fingerprint density at radius 2 is 1.65 bits per heavy atom. The maximum absolute atomic E-state index is 11.2. The Hall–Kier alpha value is -3.08. The van der Waals surface area contributed by atoms with E-state index < -0.39 is 6.10 Å². The Balaban J connectivity index is 1.62. The van der Waals surface area contributed by atoms with Crippen molar-refractivity contribution in [1.82, 2.24) is 9.47 Å². The minimum atomic E-state index is -0.531. The molecule has 0 aliphatic rings. The minimum absolute atomic E-state index is 0.163. The first-order chi connectivity index (χ1) is 15.2. The van der Waals surface area contributed by atoms with E-state index in [0.29, 0.717) is 13.2 Å². The highest BCUT2D eigenvalue weighted by molar-refractivity contribution is 5.82. The van der Waals surface area contributed by atoms with Crippen LogP contribution >= 0.6 is 0 Å². The summed E-state index contributed by atoms with van der Waals surface area (Å²) in [6.45, 7) is 4.15. The first-order valence-corrected chi connectivity index (χ1v) is 10.8. The van der Waals surface area contributed by atoms with Crippen molar-refractivity contribution >= 4 is 10.9 Å². The van der Waals surface area contributed by atoms with Crippen molar-refractivity contribution in [2.75, 3.05) is 20.1 Å². The maximum Gasteiger partial charge on any atom is 0.120 e. The molecule has 0 aliphatic carbocycles. The third-order valence-electron chi connectivity index (χ3n) is 5.78. The molecule has 2 atom stereocenters. The summed E-state index contributed by atoms with van der Waals surface area (Å²) in [6.07, 6.45) is 1.54. The summed E-state index contributed by atoms with van der Waals surface area (Å²) in [5.41, 5.74) is 3.33. The summed E-state index contributed by atoms with van der Waals surface area (Å²) in [5.74, 6) is 0.844. The van der Waals surface area contributed by atoms with Gasteiger partial charge in [-0.15, -0.1) is 0 Å². The zero-order valence-corrected chi connectivity index (χ0v) is 18.2. The van der Waals surface area contributed by atoms with Crippen molar-refractivity contribution in [3.63, 3.8) is 0 Å². The molecule has 0 saturated heterocycles. The number of benzene rings is 3. The highest BCUT2D eigenvalue weighted by atomic mass is 16.5. The lowest BCUT2D eigenvalue weighted by atomic mass is 10.0. The van der Waals surface area contributed by atoms with E-state index in [-0.39, 0.29) is 6.04 Å². The van der Waals surface area contributed by atoms with Gasteiger partial charge in [0.25, 0.3) is 0 Å². The summed E-state index contributed by atoms with van der Waals surface area (Å²) < 4.78 is 8.18. The molecule has 1 heterocycles. The van der Waals surface area contributed by atoms with Crippen LogP contribution in [0.4, 0.5) is 0 Å². The van der Waals surface area contributed by atoms with Crippen LogP contribution in [-0.2, 0) is 6.61 Å². The molecule has 3 aromatic carbocycles. The summed E-state index contributed by atoms with van der Waals surface area (Å²) in [7, 11) is 2.04. The summed E-state index contributed by atoms with van der Waals surface area (Å²) in [4.78, 5) is 2.14. The van der Waals surface area contributed by atoms with Gasteiger partial charge in [-0.2, -0.15) is 0 Å². The SMILES string of the molecule is CCN(C)CC(O)C(c1ccccc1)n1ccc2cc(OCc3ccccc3)ccc21. The number of hydrogen-bond donors (Lipinski definition) is 1.